The third-order valence-electron chi connectivity index (χ3n) is 5.54. The van der Waals surface area contributed by atoms with Gasteiger partial charge in [0.15, 0.2) is 0 Å². The summed E-state index contributed by atoms with van der Waals surface area (Å²) in [4.78, 5) is 4.41. The Balaban J connectivity index is 1.82. The van der Waals surface area contributed by atoms with Crippen LogP contribution in [0.15, 0.2) is 0 Å². The third-order valence-corrected chi connectivity index (χ3v) is 5.54. The quantitative estimate of drug-likeness (QED) is 0.753. The molecule has 0 saturated heterocycles. The van der Waals surface area contributed by atoms with Gasteiger partial charge in [0, 0.05) is 12.0 Å². The van der Waals surface area contributed by atoms with Crippen LogP contribution in [0, 0.1) is 5.92 Å². The zero-order valence-corrected chi connectivity index (χ0v) is 11.4. The van der Waals surface area contributed by atoms with Gasteiger partial charge in [-0.1, -0.05) is 32.1 Å². The van der Waals surface area contributed by atoms with Crippen molar-refractivity contribution in [1.29, 1.82) is 0 Å². The summed E-state index contributed by atoms with van der Waals surface area (Å²) in [6.07, 6.45) is 11.8. The molecule has 3 N–H and O–H groups in total. The van der Waals surface area contributed by atoms with Gasteiger partial charge in [-0.25, -0.2) is 4.68 Å². The number of hydrogen-bond donors (Lipinski definition) is 2. The third kappa shape index (κ3) is 1.60. The summed E-state index contributed by atoms with van der Waals surface area (Å²) < 4.78 is 2.16. The number of nitrogens with two attached hydrogens (primary N) is 1. The van der Waals surface area contributed by atoms with E-state index in [1.807, 2.05) is 0 Å². The van der Waals surface area contributed by atoms with Crippen LogP contribution in [0.5, 0.6) is 0 Å². The second kappa shape index (κ2) is 4.12. The molecule has 2 heterocycles. The minimum atomic E-state index is 0.203. The molecule has 2 atom stereocenters. The van der Waals surface area contributed by atoms with E-state index in [2.05, 4.69) is 20.1 Å². The Hall–Kier alpha value is -1.26. The highest BCUT2D eigenvalue weighted by Crippen LogP contribution is 2.50. The van der Waals surface area contributed by atoms with E-state index in [1.54, 1.807) is 0 Å². The predicted octanol–water partition coefficient (Wildman–Crippen LogP) is 2.50. The molecule has 0 radical (unpaired) electrons. The van der Waals surface area contributed by atoms with Crippen LogP contribution in [0.25, 0.3) is 0 Å². The van der Waals surface area contributed by atoms with E-state index in [-0.39, 0.29) is 5.54 Å². The smallest absolute Gasteiger partial charge is 0.241 e. The molecule has 0 aromatic carbocycles. The van der Waals surface area contributed by atoms with Crippen molar-refractivity contribution in [2.24, 2.45) is 5.92 Å². The normalized spacial score (nSPS) is 32.4. The van der Waals surface area contributed by atoms with Crippen LogP contribution in [-0.4, -0.2) is 20.8 Å². The number of hydrogen-bond acceptors (Lipinski definition) is 4. The van der Waals surface area contributed by atoms with E-state index in [4.69, 9.17) is 5.73 Å². The largest absolute Gasteiger partial charge is 0.366 e. The summed E-state index contributed by atoms with van der Waals surface area (Å²) in [5, 5.41) is 8.14. The van der Waals surface area contributed by atoms with E-state index >= 15 is 0 Å². The van der Waals surface area contributed by atoms with E-state index in [9.17, 15) is 0 Å². The molecule has 5 heteroatoms. The Kier molecular flexibility index (Phi) is 2.50. The SMILES string of the molecule is Nc1nc2n(n1)C1(CCCCC1)[C@H]1CCCC[C@H]1N2. The van der Waals surface area contributed by atoms with Gasteiger partial charge in [-0.15, -0.1) is 5.10 Å². The first kappa shape index (κ1) is 11.6. The standard InChI is InChI=1S/C14H23N5/c15-12-17-13-16-11-7-3-2-6-10(11)14(19(13)18-12)8-4-1-5-9-14/h10-11H,1-9H2,(H3,15,16,17,18)/t10-,11+/m0/s1. The van der Waals surface area contributed by atoms with Crippen LogP contribution in [0.3, 0.4) is 0 Å². The number of fused-ring (bicyclic) bond motifs is 4. The summed E-state index contributed by atoms with van der Waals surface area (Å²) in [7, 11) is 0. The van der Waals surface area contributed by atoms with E-state index in [0.717, 1.165) is 11.9 Å². The second-order valence-electron chi connectivity index (χ2n) is 6.51. The highest BCUT2D eigenvalue weighted by Gasteiger charge is 2.50. The van der Waals surface area contributed by atoms with Gasteiger partial charge in [0.05, 0.1) is 5.54 Å². The molecule has 1 aliphatic heterocycles. The van der Waals surface area contributed by atoms with Gasteiger partial charge in [-0.2, -0.15) is 4.98 Å². The summed E-state index contributed by atoms with van der Waals surface area (Å²) in [5.74, 6) is 2.06. The van der Waals surface area contributed by atoms with Crippen LogP contribution in [-0.2, 0) is 5.54 Å². The highest BCUT2D eigenvalue weighted by molar-refractivity contribution is 5.38. The minimum Gasteiger partial charge on any atom is -0.366 e. The van der Waals surface area contributed by atoms with Gasteiger partial charge in [0.2, 0.25) is 11.9 Å². The van der Waals surface area contributed by atoms with Crippen LogP contribution in [0.4, 0.5) is 11.9 Å². The monoisotopic (exact) mass is 261 g/mol. The number of rotatable bonds is 0. The van der Waals surface area contributed by atoms with Crippen LogP contribution < -0.4 is 11.1 Å². The molecule has 3 aliphatic rings. The molecule has 0 bridgehead atoms. The van der Waals surface area contributed by atoms with Crippen LogP contribution in [0.2, 0.25) is 0 Å². The maximum atomic E-state index is 5.85. The van der Waals surface area contributed by atoms with Crippen molar-refractivity contribution in [1.82, 2.24) is 14.8 Å². The summed E-state index contributed by atoms with van der Waals surface area (Å²) in [6.45, 7) is 0. The number of nitrogens with zero attached hydrogens (tertiary/aromatic N) is 3. The minimum absolute atomic E-state index is 0.203. The Morgan fingerprint density at radius 3 is 2.74 bits per heavy atom. The fourth-order valence-electron chi connectivity index (χ4n) is 4.75. The fraction of sp³-hybridized carbons (Fsp3) is 0.857. The maximum Gasteiger partial charge on any atom is 0.241 e. The van der Waals surface area contributed by atoms with Crippen molar-refractivity contribution in [3.05, 3.63) is 0 Å². The molecule has 5 nitrogen and oxygen atoms in total. The average molecular weight is 261 g/mol. The van der Waals surface area contributed by atoms with Crippen molar-refractivity contribution in [2.45, 2.75) is 69.4 Å². The van der Waals surface area contributed by atoms with Gasteiger partial charge >= 0.3 is 0 Å². The van der Waals surface area contributed by atoms with Crippen molar-refractivity contribution in [3.63, 3.8) is 0 Å². The Morgan fingerprint density at radius 1 is 1.11 bits per heavy atom. The lowest BCUT2D eigenvalue weighted by atomic mass is 9.64. The zero-order valence-electron chi connectivity index (χ0n) is 11.4. The van der Waals surface area contributed by atoms with Crippen LogP contribution in [0.1, 0.15) is 57.8 Å². The average Bonchev–Trinajstić information content (AvgIpc) is 2.82. The molecule has 0 unspecified atom stereocenters. The van der Waals surface area contributed by atoms with E-state index in [0.29, 0.717) is 12.0 Å². The summed E-state index contributed by atoms with van der Waals surface area (Å²) in [6, 6.07) is 0.586. The first-order valence-corrected chi connectivity index (χ1v) is 7.79. The molecule has 4 rings (SSSR count). The maximum absolute atomic E-state index is 5.85. The summed E-state index contributed by atoms with van der Waals surface area (Å²) >= 11 is 0. The van der Waals surface area contributed by atoms with Crippen LogP contribution >= 0.6 is 0 Å². The Labute approximate surface area is 114 Å². The Bertz CT molecular complexity index is 474. The zero-order chi connectivity index (χ0) is 12.9. The predicted molar refractivity (Wildman–Crippen MR) is 74.9 cm³/mol. The molecule has 1 aromatic rings. The van der Waals surface area contributed by atoms with Crippen molar-refractivity contribution in [3.8, 4) is 0 Å². The first-order chi connectivity index (χ1) is 9.29. The number of nitrogens with one attached hydrogen (secondary N) is 1. The van der Waals surface area contributed by atoms with Gasteiger partial charge in [0.25, 0.3) is 0 Å². The lowest BCUT2D eigenvalue weighted by molar-refractivity contribution is 0.0455. The molecular weight excluding hydrogens is 238 g/mol. The van der Waals surface area contributed by atoms with E-state index in [1.165, 1.54) is 57.8 Å². The molecule has 104 valence electrons. The molecule has 2 saturated carbocycles. The fourth-order valence-corrected chi connectivity index (χ4v) is 4.75. The highest BCUT2D eigenvalue weighted by atomic mass is 15.5. The number of nitrogen functional groups attached to an aromatic ring is 1. The molecule has 2 fully saturated rings. The van der Waals surface area contributed by atoms with Gasteiger partial charge in [-0.3, -0.25) is 0 Å². The van der Waals surface area contributed by atoms with Crippen molar-refractivity contribution in [2.75, 3.05) is 11.1 Å². The topological polar surface area (TPSA) is 68.8 Å². The lowest BCUT2D eigenvalue weighted by Crippen LogP contribution is -2.55. The van der Waals surface area contributed by atoms with E-state index < -0.39 is 0 Å². The Morgan fingerprint density at radius 2 is 1.89 bits per heavy atom. The molecule has 19 heavy (non-hydrogen) atoms. The number of aromatic nitrogens is 3. The molecule has 1 spiro atoms. The van der Waals surface area contributed by atoms with Gasteiger partial charge in [-0.05, 0) is 25.7 Å². The second-order valence-corrected chi connectivity index (χ2v) is 6.51. The van der Waals surface area contributed by atoms with Gasteiger partial charge in [0.1, 0.15) is 0 Å². The number of anilines is 2. The molecular formula is C14H23N5. The van der Waals surface area contributed by atoms with Crippen molar-refractivity contribution < 1.29 is 0 Å². The van der Waals surface area contributed by atoms with Gasteiger partial charge < -0.3 is 11.1 Å². The van der Waals surface area contributed by atoms with Crippen molar-refractivity contribution >= 4 is 11.9 Å². The first-order valence-electron chi connectivity index (χ1n) is 7.79. The summed E-state index contributed by atoms with van der Waals surface area (Å²) in [5.41, 5.74) is 6.06. The molecule has 0 amide bonds. The molecule has 1 aromatic heterocycles. The lowest BCUT2D eigenvalue weighted by Gasteiger charge is -2.52. The molecule has 2 aliphatic carbocycles.